The molecule has 0 heterocycles. The van der Waals surface area contributed by atoms with Crippen LogP contribution in [0.5, 0.6) is 5.75 Å². The van der Waals surface area contributed by atoms with Gasteiger partial charge in [0.2, 0.25) is 0 Å². The zero-order valence-corrected chi connectivity index (χ0v) is 14.3. The molecule has 134 valence electrons. The molecular formula is C19H24N2O4. The van der Waals surface area contributed by atoms with Crippen LogP contribution in [0.25, 0.3) is 0 Å². The lowest BCUT2D eigenvalue weighted by Gasteiger charge is -2.28. The lowest BCUT2D eigenvalue weighted by atomic mass is 9.94. The minimum absolute atomic E-state index is 0.0379. The summed E-state index contributed by atoms with van der Waals surface area (Å²) in [5.41, 5.74) is -0.599. The predicted octanol–water partition coefficient (Wildman–Crippen LogP) is 1.90. The van der Waals surface area contributed by atoms with Crippen molar-refractivity contribution in [2.45, 2.75) is 5.60 Å². The number of carbonyl (C=O) groups excluding carboxylic acids is 1. The summed E-state index contributed by atoms with van der Waals surface area (Å²) >= 11 is 0. The van der Waals surface area contributed by atoms with Crippen LogP contribution in [-0.4, -0.2) is 44.6 Å². The first-order chi connectivity index (χ1) is 12.1. The number of hydrogen-bond acceptors (Lipinski definition) is 4. The van der Waals surface area contributed by atoms with Gasteiger partial charge in [0.05, 0.1) is 19.7 Å². The van der Waals surface area contributed by atoms with Gasteiger partial charge in [-0.05, 0) is 17.7 Å². The fraction of sp³-hybridized carbons (Fsp3) is 0.316. The number of rotatable bonds is 9. The quantitative estimate of drug-likeness (QED) is 0.607. The van der Waals surface area contributed by atoms with Crippen LogP contribution < -0.4 is 15.4 Å². The van der Waals surface area contributed by atoms with Crippen LogP contribution in [0.1, 0.15) is 5.56 Å². The molecule has 0 spiro atoms. The molecule has 2 amide bonds. The Morgan fingerprint density at radius 3 is 2.32 bits per heavy atom. The number of ether oxygens (including phenoxy) is 2. The summed E-state index contributed by atoms with van der Waals surface area (Å²) in [6.07, 6.45) is 0. The van der Waals surface area contributed by atoms with Gasteiger partial charge in [-0.2, -0.15) is 0 Å². The van der Waals surface area contributed by atoms with Gasteiger partial charge in [-0.1, -0.05) is 48.5 Å². The number of methoxy groups -OCH3 is 1. The minimum atomic E-state index is -1.28. The Kier molecular flexibility index (Phi) is 7.25. The second-order valence-electron chi connectivity index (χ2n) is 5.60. The van der Waals surface area contributed by atoms with E-state index in [1.807, 2.05) is 48.5 Å². The van der Waals surface area contributed by atoms with E-state index in [2.05, 4.69) is 10.6 Å². The molecule has 1 unspecified atom stereocenters. The number of amides is 2. The van der Waals surface area contributed by atoms with Gasteiger partial charge in [0.15, 0.2) is 0 Å². The van der Waals surface area contributed by atoms with E-state index in [1.165, 1.54) is 7.11 Å². The molecule has 2 aromatic rings. The number of urea groups is 1. The Bertz CT molecular complexity index is 636. The molecule has 0 aliphatic heterocycles. The fourth-order valence-electron chi connectivity index (χ4n) is 2.36. The molecule has 0 fully saturated rings. The van der Waals surface area contributed by atoms with Crippen molar-refractivity contribution in [2.75, 3.05) is 33.4 Å². The van der Waals surface area contributed by atoms with Crippen molar-refractivity contribution in [3.8, 4) is 5.75 Å². The Morgan fingerprint density at radius 2 is 1.68 bits per heavy atom. The third-order valence-electron chi connectivity index (χ3n) is 3.64. The summed E-state index contributed by atoms with van der Waals surface area (Å²) in [6, 6.07) is 18.1. The van der Waals surface area contributed by atoms with Gasteiger partial charge in [0, 0.05) is 7.11 Å². The van der Waals surface area contributed by atoms with E-state index < -0.39 is 5.60 Å². The Hall–Kier alpha value is -2.57. The van der Waals surface area contributed by atoms with Crippen LogP contribution >= 0.6 is 0 Å². The van der Waals surface area contributed by atoms with Crippen molar-refractivity contribution < 1.29 is 19.4 Å². The first-order valence-electron chi connectivity index (χ1n) is 8.10. The van der Waals surface area contributed by atoms with Crippen molar-refractivity contribution in [3.63, 3.8) is 0 Å². The fourth-order valence-corrected chi connectivity index (χ4v) is 2.36. The highest BCUT2D eigenvalue weighted by Gasteiger charge is 2.29. The van der Waals surface area contributed by atoms with Gasteiger partial charge in [0.25, 0.3) is 0 Å². The predicted molar refractivity (Wildman–Crippen MR) is 95.6 cm³/mol. The summed E-state index contributed by atoms with van der Waals surface area (Å²) < 4.78 is 10.6. The molecule has 1 atom stereocenters. The lowest BCUT2D eigenvalue weighted by molar-refractivity contribution is -0.0326. The summed E-state index contributed by atoms with van der Waals surface area (Å²) in [5, 5.41) is 16.1. The number of aliphatic hydroxyl groups is 1. The molecule has 25 heavy (non-hydrogen) atoms. The van der Waals surface area contributed by atoms with Crippen molar-refractivity contribution in [2.24, 2.45) is 0 Å². The molecule has 2 rings (SSSR count). The van der Waals surface area contributed by atoms with Gasteiger partial charge < -0.3 is 25.2 Å². The number of para-hydroxylation sites is 1. The Morgan fingerprint density at radius 1 is 1.04 bits per heavy atom. The van der Waals surface area contributed by atoms with E-state index in [0.717, 1.165) is 5.75 Å². The van der Waals surface area contributed by atoms with E-state index >= 15 is 0 Å². The number of nitrogens with one attached hydrogen (secondary N) is 2. The van der Waals surface area contributed by atoms with Crippen LogP contribution in [0, 0.1) is 0 Å². The average Bonchev–Trinajstić information content (AvgIpc) is 2.65. The number of benzene rings is 2. The molecule has 0 saturated carbocycles. The molecule has 3 N–H and O–H groups in total. The summed E-state index contributed by atoms with van der Waals surface area (Å²) in [7, 11) is 1.51. The van der Waals surface area contributed by atoms with Crippen LogP contribution in [0.3, 0.4) is 0 Å². The number of carbonyl (C=O) groups is 1. The van der Waals surface area contributed by atoms with Crippen molar-refractivity contribution in [1.29, 1.82) is 0 Å². The monoisotopic (exact) mass is 344 g/mol. The molecule has 0 aliphatic rings. The molecule has 0 aliphatic carbocycles. The second kappa shape index (κ2) is 9.66. The molecule has 0 radical (unpaired) electrons. The summed E-state index contributed by atoms with van der Waals surface area (Å²) in [4.78, 5) is 11.9. The van der Waals surface area contributed by atoms with Gasteiger partial charge in [-0.15, -0.1) is 0 Å². The van der Waals surface area contributed by atoms with E-state index in [-0.39, 0.29) is 19.2 Å². The maximum atomic E-state index is 11.9. The molecule has 0 bridgehead atoms. The normalized spacial score (nSPS) is 12.9. The highest BCUT2D eigenvalue weighted by Crippen LogP contribution is 2.20. The molecule has 6 nitrogen and oxygen atoms in total. The first kappa shape index (κ1) is 18.8. The van der Waals surface area contributed by atoms with Crippen molar-refractivity contribution in [1.82, 2.24) is 10.6 Å². The topological polar surface area (TPSA) is 79.8 Å². The van der Waals surface area contributed by atoms with Gasteiger partial charge in [0.1, 0.15) is 18.0 Å². The molecule has 0 saturated heterocycles. The maximum absolute atomic E-state index is 11.9. The zero-order chi connectivity index (χ0) is 18.0. The SMILES string of the molecule is COCC(O)(CNC(=O)NCCOc1ccccc1)c1ccccc1. The largest absolute Gasteiger partial charge is 0.492 e. The van der Waals surface area contributed by atoms with E-state index in [9.17, 15) is 9.90 Å². The smallest absolute Gasteiger partial charge is 0.315 e. The summed E-state index contributed by atoms with van der Waals surface area (Å²) in [6.45, 7) is 0.831. The minimum Gasteiger partial charge on any atom is -0.492 e. The van der Waals surface area contributed by atoms with Gasteiger partial charge >= 0.3 is 6.03 Å². The molecule has 6 heteroatoms. The lowest BCUT2D eigenvalue weighted by Crippen LogP contribution is -2.47. The molecule has 2 aromatic carbocycles. The van der Waals surface area contributed by atoms with E-state index in [4.69, 9.17) is 9.47 Å². The maximum Gasteiger partial charge on any atom is 0.315 e. The highest BCUT2D eigenvalue weighted by atomic mass is 16.5. The Labute approximate surface area is 147 Å². The average molecular weight is 344 g/mol. The van der Waals surface area contributed by atoms with E-state index in [1.54, 1.807) is 12.1 Å². The Balaban J connectivity index is 1.75. The van der Waals surface area contributed by atoms with Gasteiger partial charge in [-0.3, -0.25) is 0 Å². The first-order valence-corrected chi connectivity index (χ1v) is 8.10. The third-order valence-corrected chi connectivity index (χ3v) is 3.64. The van der Waals surface area contributed by atoms with Crippen LogP contribution in [0.15, 0.2) is 60.7 Å². The van der Waals surface area contributed by atoms with Crippen molar-refractivity contribution >= 4 is 6.03 Å². The summed E-state index contributed by atoms with van der Waals surface area (Å²) in [5.74, 6) is 0.753. The van der Waals surface area contributed by atoms with Crippen molar-refractivity contribution in [3.05, 3.63) is 66.2 Å². The third kappa shape index (κ3) is 6.10. The molecule has 0 aromatic heterocycles. The van der Waals surface area contributed by atoms with Crippen LogP contribution in [0.2, 0.25) is 0 Å². The van der Waals surface area contributed by atoms with Crippen LogP contribution in [0.4, 0.5) is 4.79 Å². The second-order valence-corrected chi connectivity index (χ2v) is 5.60. The van der Waals surface area contributed by atoms with Gasteiger partial charge in [-0.25, -0.2) is 4.79 Å². The number of hydrogen-bond donors (Lipinski definition) is 3. The highest BCUT2D eigenvalue weighted by molar-refractivity contribution is 5.73. The van der Waals surface area contributed by atoms with E-state index in [0.29, 0.717) is 18.7 Å². The van der Waals surface area contributed by atoms with Crippen LogP contribution in [-0.2, 0) is 10.3 Å². The zero-order valence-electron chi connectivity index (χ0n) is 14.3. The standard InChI is InChI=1S/C19H24N2O4/c1-24-15-19(23,16-8-4-2-5-9-16)14-21-18(22)20-12-13-25-17-10-6-3-7-11-17/h2-11,23H,12-15H2,1H3,(H2,20,21,22). The molecular weight excluding hydrogens is 320 g/mol.